The van der Waals surface area contributed by atoms with Crippen LogP contribution in [-0.4, -0.2) is 43.1 Å². The molecular formula is C35H38N2O7S. The Labute approximate surface area is 264 Å². The van der Waals surface area contributed by atoms with E-state index >= 15 is 0 Å². The van der Waals surface area contributed by atoms with Crippen molar-refractivity contribution in [3.05, 3.63) is 136 Å². The van der Waals surface area contributed by atoms with E-state index in [1.165, 1.54) is 22.8 Å². The minimum absolute atomic E-state index is 0.0156. The fourth-order valence-electron chi connectivity index (χ4n) is 4.76. The van der Waals surface area contributed by atoms with Crippen molar-refractivity contribution in [3.63, 3.8) is 0 Å². The maximum Gasteiger partial charge on any atom is 0.329 e. The summed E-state index contributed by atoms with van der Waals surface area (Å²) in [7, 11) is -4.00. The van der Waals surface area contributed by atoms with Gasteiger partial charge in [-0.3, -0.25) is 13.8 Å². The highest BCUT2D eigenvalue weighted by Gasteiger charge is 2.29. The van der Waals surface area contributed by atoms with E-state index in [0.29, 0.717) is 0 Å². The van der Waals surface area contributed by atoms with Crippen molar-refractivity contribution in [1.82, 2.24) is 9.88 Å². The average Bonchev–Trinajstić information content (AvgIpc) is 3.00. The Hall–Kier alpha value is -4.54. The molecule has 0 unspecified atom stereocenters. The molecule has 0 saturated carbocycles. The van der Waals surface area contributed by atoms with Crippen LogP contribution in [0.5, 0.6) is 0 Å². The maximum atomic E-state index is 13.8. The SMILES string of the molecule is Cc1ccc(S(=O)(=O)OCCC[C@H](NC(=O)c2cccn(C(c3ccccc3)c3ccccc3)c2=O)C(=O)OC(C)(C)C)cc1. The van der Waals surface area contributed by atoms with Gasteiger partial charge in [0.2, 0.25) is 0 Å². The number of hydrogen-bond donors (Lipinski definition) is 1. The van der Waals surface area contributed by atoms with E-state index in [1.807, 2.05) is 67.6 Å². The van der Waals surface area contributed by atoms with Crippen LogP contribution in [0.2, 0.25) is 0 Å². The lowest BCUT2D eigenvalue weighted by Gasteiger charge is -2.25. The second kappa shape index (κ2) is 14.5. The van der Waals surface area contributed by atoms with E-state index < -0.39 is 45.2 Å². The zero-order valence-electron chi connectivity index (χ0n) is 25.8. The summed E-state index contributed by atoms with van der Waals surface area (Å²) >= 11 is 0. The Kier molecular flexibility index (Phi) is 10.7. The van der Waals surface area contributed by atoms with Crippen LogP contribution in [0.3, 0.4) is 0 Å². The molecule has 45 heavy (non-hydrogen) atoms. The van der Waals surface area contributed by atoms with E-state index in [1.54, 1.807) is 45.2 Å². The summed E-state index contributed by atoms with van der Waals surface area (Å²) in [5, 5.41) is 2.65. The lowest BCUT2D eigenvalue weighted by atomic mass is 9.98. The molecule has 9 nitrogen and oxygen atoms in total. The zero-order chi connectivity index (χ0) is 32.6. The molecule has 0 aliphatic rings. The Morgan fingerprint density at radius 1 is 0.844 bits per heavy atom. The molecule has 0 aliphatic heterocycles. The number of aromatic nitrogens is 1. The quantitative estimate of drug-likeness (QED) is 0.126. The van der Waals surface area contributed by atoms with Gasteiger partial charge in [-0.1, -0.05) is 78.4 Å². The smallest absolute Gasteiger partial charge is 0.329 e. The number of nitrogens with one attached hydrogen (secondary N) is 1. The van der Waals surface area contributed by atoms with Crippen molar-refractivity contribution in [1.29, 1.82) is 0 Å². The van der Waals surface area contributed by atoms with Crippen molar-refractivity contribution >= 4 is 22.0 Å². The number of benzene rings is 3. The second-order valence-corrected chi connectivity index (χ2v) is 13.3. The molecule has 236 valence electrons. The second-order valence-electron chi connectivity index (χ2n) is 11.6. The Bertz CT molecular complexity index is 1720. The summed E-state index contributed by atoms with van der Waals surface area (Å²) in [4.78, 5) is 40.5. The number of carbonyl (C=O) groups is 2. The maximum absolute atomic E-state index is 13.8. The first kappa shape index (κ1) is 33.4. The number of nitrogens with zero attached hydrogens (tertiary/aromatic N) is 1. The molecule has 4 aromatic rings. The fourth-order valence-corrected chi connectivity index (χ4v) is 5.70. The number of hydrogen-bond acceptors (Lipinski definition) is 7. The van der Waals surface area contributed by atoms with E-state index in [4.69, 9.17) is 8.92 Å². The molecule has 0 fully saturated rings. The molecule has 1 N–H and O–H groups in total. The molecule has 1 aromatic heterocycles. The Morgan fingerprint density at radius 3 is 1.98 bits per heavy atom. The first-order valence-corrected chi connectivity index (χ1v) is 16.1. The summed E-state index contributed by atoms with van der Waals surface area (Å²) in [6, 6.07) is 26.6. The van der Waals surface area contributed by atoms with E-state index in [9.17, 15) is 22.8 Å². The number of aryl methyl sites for hydroxylation is 1. The first-order chi connectivity index (χ1) is 21.4. The minimum atomic E-state index is -4.00. The predicted molar refractivity (Wildman–Crippen MR) is 171 cm³/mol. The van der Waals surface area contributed by atoms with Crippen molar-refractivity contribution in [2.45, 2.75) is 63.1 Å². The number of pyridine rings is 1. The van der Waals surface area contributed by atoms with Crippen molar-refractivity contribution in [3.8, 4) is 0 Å². The third kappa shape index (κ3) is 8.99. The normalized spacial score (nSPS) is 12.5. The van der Waals surface area contributed by atoms with Crippen LogP contribution in [0.25, 0.3) is 0 Å². The summed E-state index contributed by atoms with van der Waals surface area (Å²) in [6.07, 6.45) is 1.75. The zero-order valence-corrected chi connectivity index (χ0v) is 26.6. The number of amides is 1. The molecule has 0 bridgehead atoms. The molecule has 0 aliphatic carbocycles. The standard InChI is InChI=1S/C35H38N2O7S/c1-25-19-21-28(22-20-25)45(41,42)43-24-12-18-30(34(40)44-35(2,3)4)36-32(38)29-17-11-23-37(33(29)39)31(26-13-7-5-8-14-26)27-15-9-6-10-16-27/h5-11,13-17,19-23,30-31H,12,18,24H2,1-4H3,(H,36,38)/t30-/m0/s1. The topological polar surface area (TPSA) is 121 Å². The van der Waals surface area contributed by atoms with Gasteiger partial charge in [0.15, 0.2) is 0 Å². The monoisotopic (exact) mass is 630 g/mol. The Balaban J connectivity index is 1.55. The fraction of sp³-hybridized carbons (Fsp3) is 0.286. The summed E-state index contributed by atoms with van der Waals surface area (Å²) < 4.78 is 37.4. The van der Waals surface area contributed by atoms with Crippen LogP contribution in [0.1, 0.15) is 66.7 Å². The van der Waals surface area contributed by atoms with Gasteiger partial charge in [0.25, 0.3) is 21.6 Å². The highest BCUT2D eigenvalue weighted by atomic mass is 32.2. The molecule has 1 heterocycles. The van der Waals surface area contributed by atoms with Crippen LogP contribution < -0.4 is 10.9 Å². The van der Waals surface area contributed by atoms with Crippen LogP contribution >= 0.6 is 0 Å². The highest BCUT2D eigenvalue weighted by molar-refractivity contribution is 7.86. The number of carbonyl (C=O) groups excluding carboxylic acids is 2. The third-order valence-electron chi connectivity index (χ3n) is 6.91. The molecule has 1 atom stereocenters. The van der Waals surface area contributed by atoms with Gasteiger partial charge < -0.3 is 14.6 Å². The number of rotatable bonds is 12. The largest absolute Gasteiger partial charge is 0.458 e. The van der Waals surface area contributed by atoms with Crippen LogP contribution in [0.15, 0.2) is 113 Å². The highest BCUT2D eigenvalue weighted by Crippen LogP contribution is 2.25. The molecule has 3 aromatic carbocycles. The van der Waals surface area contributed by atoms with Crippen LogP contribution in [0.4, 0.5) is 0 Å². The van der Waals surface area contributed by atoms with Crippen LogP contribution in [-0.2, 0) is 23.8 Å². The molecular weight excluding hydrogens is 592 g/mol. The van der Waals surface area contributed by atoms with Crippen molar-refractivity contribution in [2.75, 3.05) is 6.61 Å². The van der Waals surface area contributed by atoms with E-state index in [2.05, 4.69) is 5.32 Å². The summed E-state index contributed by atoms with van der Waals surface area (Å²) in [5.41, 5.74) is 1.09. The third-order valence-corrected chi connectivity index (χ3v) is 8.24. The van der Waals surface area contributed by atoms with Crippen molar-refractivity contribution < 1.29 is 26.9 Å². The van der Waals surface area contributed by atoms with E-state index in [-0.39, 0.29) is 29.9 Å². The molecule has 1 amide bonds. The van der Waals surface area contributed by atoms with E-state index in [0.717, 1.165) is 16.7 Å². The molecule has 10 heteroatoms. The molecule has 0 spiro atoms. The van der Waals surface area contributed by atoms with Gasteiger partial charge in [-0.2, -0.15) is 8.42 Å². The lowest BCUT2D eigenvalue weighted by molar-refractivity contribution is -0.157. The average molecular weight is 631 g/mol. The van der Waals surface area contributed by atoms with Gasteiger partial charge in [-0.05, 0) is 75.9 Å². The van der Waals surface area contributed by atoms with Gasteiger partial charge in [0.1, 0.15) is 17.2 Å². The predicted octanol–water partition coefficient (Wildman–Crippen LogP) is 5.42. The van der Waals surface area contributed by atoms with Gasteiger partial charge in [0.05, 0.1) is 17.5 Å². The van der Waals surface area contributed by atoms with Gasteiger partial charge in [-0.15, -0.1) is 0 Å². The molecule has 0 saturated heterocycles. The first-order valence-electron chi connectivity index (χ1n) is 14.7. The summed E-state index contributed by atoms with van der Waals surface area (Å²) in [5.74, 6) is -1.46. The van der Waals surface area contributed by atoms with Crippen LogP contribution in [0, 0.1) is 6.92 Å². The molecule has 0 radical (unpaired) electrons. The number of ether oxygens (including phenoxy) is 1. The van der Waals surface area contributed by atoms with Gasteiger partial charge >= 0.3 is 5.97 Å². The molecule has 4 rings (SSSR count). The lowest BCUT2D eigenvalue weighted by Crippen LogP contribution is -2.46. The van der Waals surface area contributed by atoms with Crippen molar-refractivity contribution in [2.24, 2.45) is 0 Å². The minimum Gasteiger partial charge on any atom is -0.458 e. The number of esters is 1. The Morgan fingerprint density at radius 2 is 1.42 bits per heavy atom. The van der Waals surface area contributed by atoms with Gasteiger partial charge in [-0.25, -0.2) is 4.79 Å². The summed E-state index contributed by atoms with van der Waals surface area (Å²) in [6.45, 7) is 6.72. The van der Waals surface area contributed by atoms with Gasteiger partial charge in [0, 0.05) is 6.20 Å².